The third-order valence-electron chi connectivity index (χ3n) is 4.36. The van der Waals surface area contributed by atoms with Crippen molar-refractivity contribution in [2.24, 2.45) is 0 Å². The monoisotopic (exact) mass is 341 g/mol. The highest BCUT2D eigenvalue weighted by atomic mass is 16.2. The zero-order valence-electron chi connectivity index (χ0n) is 15.4. The van der Waals surface area contributed by atoms with Crippen LogP contribution in [0.1, 0.15) is 38.1 Å². The summed E-state index contributed by atoms with van der Waals surface area (Å²) in [6.07, 6.45) is 3.55. The first-order valence-corrected chi connectivity index (χ1v) is 8.68. The predicted octanol–water partition coefficient (Wildman–Crippen LogP) is 3.23. The van der Waals surface area contributed by atoms with Crippen LogP contribution < -0.4 is 10.2 Å². The first kappa shape index (κ1) is 18.7. The number of nitrogens with one attached hydrogen (secondary N) is 1. The van der Waals surface area contributed by atoms with Gasteiger partial charge in [-0.15, -0.1) is 0 Å². The topological polar surface area (TPSA) is 61.4 Å². The third-order valence-corrected chi connectivity index (χ3v) is 4.36. The number of aromatic nitrogens is 2. The molecule has 0 saturated carbocycles. The van der Waals surface area contributed by atoms with E-state index < -0.39 is 0 Å². The summed E-state index contributed by atoms with van der Waals surface area (Å²) < 4.78 is 0. The highest BCUT2D eigenvalue weighted by Crippen LogP contribution is 2.16. The maximum atomic E-state index is 12.4. The normalized spacial score (nSPS) is 11.7. The van der Waals surface area contributed by atoms with Crippen molar-refractivity contribution in [1.29, 1.82) is 0 Å². The molecule has 1 atom stereocenters. The fourth-order valence-electron chi connectivity index (χ4n) is 2.56. The Hall–Kier alpha value is -2.63. The van der Waals surface area contributed by atoms with Crippen molar-refractivity contribution in [3.63, 3.8) is 0 Å². The van der Waals surface area contributed by atoms with Crippen LogP contribution in [0.5, 0.6) is 0 Å². The van der Waals surface area contributed by atoms with Gasteiger partial charge in [0.15, 0.2) is 0 Å². The average Bonchev–Trinajstić information content (AvgIpc) is 2.67. The van der Waals surface area contributed by atoms with Crippen LogP contribution in [-0.4, -0.2) is 41.0 Å². The summed E-state index contributed by atoms with van der Waals surface area (Å²) >= 11 is 0. The molecule has 2 amide bonds. The molecule has 0 aliphatic rings. The van der Waals surface area contributed by atoms with E-state index in [0.29, 0.717) is 6.54 Å². The summed E-state index contributed by atoms with van der Waals surface area (Å²) in [6.45, 7) is 8.48. The average molecular weight is 341 g/mol. The number of hydrogen-bond acceptors (Lipinski definition) is 4. The number of urea groups is 1. The molecule has 134 valence electrons. The SMILES string of the molecule is CCN(CC)c1ccc(CNC(=O)N(C)C(C)c2ccccn2)cn1. The molecule has 2 rings (SSSR count). The molecule has 0 aromatic carbocycles. The zero-order valence-corrected chi connectivity index (χ0v) is 15.4. The lowest BCUT2D eigenvalue weighted by atomic mass is 10.2. The van der Waals surface area contributed by atoms with Gasteiger partial charge in [-0.05, 0) is 44.5 Å². The minimum Gasteiger partial charge on any atom is -0.357 e. The van der Waals surface area contributed by atoms with Gasteiger partial charge in [0, 0.05) is 39.1 Å². The lowest BCUT2D eigenvalue weighted by molar-refractivity contribution is 0.193. The van der Waals surface area contributed by atoms with E-state index in [1.54, 1.807) is 18.1 Å². The summed E-state index contributed by atoms with van der Waals surface area (Å²) in [7, 11) is 1.77. The van der Waals surface area contributed by atoms with Crippen molar-refractivity contribution in [2.75, 3.05) is 25.0 Å². The molecular formula is C19H27N5O. The molecule has 2 heterocycles. The summed E-state index contributed by atoms with van der Waals surface area (Å²) in [5, 5.41) is 2.93. The predicted molar refractivity (Wildman–Crippen MR) is 100 cm³/mol. The van der Waals surface area contributed by atoms with E-state index in [2.05, 4.69) is 34.0 Å². The van der Waals surface area contributed by atoms with Gasteiger partial charge >= 0.3 is 6.03 Å². The van der Waals surface area contributed by atoms with Crippen molar-refractivity contribution in [1.82, 2.24) is 20.2 Å². The standard InChI is InChI=1S/C19H27N5O/c1-5-24(6-2)18-11-10-16(13-21-18)14-22-19(25)23(4)15(3)17-9-7-8-12-20-17/h7-13,15H,5-6,14H2,1-4H3,(H,22,25). The largest absolute Gasteiger partial charge is 0.357 e. The molecule has 0 radical (unpaired) electrons. The second kappa shape index (κ2) is 9.01. The Morgan fingerprint density at radius 2 is 1.92 bits per heavy atom. The first-order valence-electron chi connectivity index (χ1n) is 8.68. The third kappa shape index (κ3) is 4.92. The maximum absolute atomic E-state index is 12.4. The van der Waals surface area contributed by atoms with Gasteiger partial charge in [-0.3, -0.25) is 4.98 Å². The van der Waals surface area contributed by atoms with Crippen molar-refractivity contribution in [3.05, 3.63) is 54.0 Å². The fourth-order valence-corrected chi connectivity index (χ4v) is 2.56. The van der Waals surface area contributed by atoms with E-state index in [9.17, 15) is 4.79 Å². The van der Waals surface area contributed by atoms with Crippen LogP contribution in [0.25, 0.3) is 0 Å². The van der Waals surface area contributed by atoms with Crippen molar-refractivity contribution in [2.45, 2.75) is 33.4 Å². The number of carbonyl (C=O) groups is 1. The number of nitrogens with zero attached hydrogens (tertiary/aromatic N) is 4. The number of hydrogen-bond donors (Lipinski definition) is 1. The van der Waals surface area contributed by atoms with Gasteiger partial charge in [0.1, 0.15) is 5.82 Å². The highest BCUT2D eigenvalue weighted by molar-refractivity contribution is 5.74. The molecule has 0 spiro atoms. The minimum absolute atomic E-state index is 0.0932. The van der Waals surface area contributed by atoms with Gasteiger partial charge < -0.3 is 15.1 Å². The van der Waals surface area contributed by atoms with Gasteiger partial charge in [-0.2, -0.15) is 0 Å². The van der Waals surface area contributed by atoms with Crippen molar-refractivity contribution >= 4 is 11.8 Å². The van der Waals surface area contributed by atoms with Gasteiger partial charge in [0.25, 0.3) is 0 Å². The number of amides is 2. The number of anilines is 1. The van der Waals surface area contributed by atoms with Crippen molar-refractivity contribution < 1.29 is 4.79 Å². The van der Waals surface area contributed by atoms with Gasteiger partial charge in [-0.25, -0.2) is 9.78 Å². The Balaban J connectivity index is 1.91. The molecule has 0 saturated heterocycles. The summed E-state index contributed by atoms with van der Waals surface area (Å²) in [6, 6.07) is 9.48. The van der Waals surface area contributed by atoms with E-state index in [1.165, 1.54) is 0 Å². The second-order valence-corrected chi connectivity index (χ2v) is 5.90. The Kier molecular flexibility index (Phi) is 6.74. The Morgan fingerprint density at radius 1 is 1.16 bits per heavy atom. The lowest BCUT2D eigenvalue weighted by Gasteiger charge is -2.25. The van der Waals surface area contributed by atoms with Gasteiger partial charge in [0.2, 0.25) is 0 Å². The molecule has 6 heteroatoms. The number of carbonyl (C=O) groups excluding carboxylic acids is 1. The summed E-state index contributed by atoms with van der Waals surface area (Å²) in [4.78, 5) is 25.0. The van der Waals surface area contributed by atoms with E-state index in [0.717, 1.165) is 30.2 Å². The molecule has 2 aromatic heterocycles. The molecule has 0 bridgehead atoms. The smallest absolute Gasteiger partial charge is 0.317 e. The number of rotatable bonds is 7. The Morgan fingerprint density at radius 3 is 2.48 bits per heavy atom. The van der Waals surface area contributed by atoms with Crippen LogP contribution in [0.15, 0.2) is 42.7 Å². The highest BCUT2D eigenvalue weighted by Gasteiger charge is 2.17. The molecule has 0 aliphatic heterocycles. The van der Waals surface area contributed by atoms with E-state index in [-0.39, 0.29) is 12.1 Å². The summed E-state index contributed by atoms with van der Waals surface area (Å²) in [5.41, 5.74) is 1.84. The van der Waals surface area contributed by atoms with Crippen LogP contribution >= 0.6 is 0 Å². The van der Waals surface area contributed by atoms with E-state index >= 15 is 0 Å². The first-order chi connectivity index (χ1) is 12.1. The van der Waals surface area contributed by atoms with Crippen LogP contribution in [0.3, 0.4) is 0 Å². The zero-order chi connectivity index (χ0) is 18.2. The fraction of sp³-hybridized carbons (Fsp3) is 0.421. The quantitative estimate of drug-likeness (QED) is 0.840. The van der Waals surface area contributed by atoms with Crippen LogP contribution in [-0.2, 0) is 6.54 Å². The lowest BCUT2D eigenvalue weighted by Crippen LogP contribution is -2.38. The molecule has 25 heavy (non-hydrogen) atoms. The second-order valence-electron chi connectivity index (χ2n) is 5.90. The van der Waals surface area contributed by atoms with Crippen molar-refractivity contribution in [3.8, 4) is 0 Å². The Bertz CT molecular complexity index is 655. The summed E-state index contributed by atoms with van der Waals surface area (Å²) in [5.74, 6) is 0.959. The Labute approximate surface area is 149 Å². The minimum atomic E-state index is -0.133. The molecule has 0 aliphatic carbocycles. The van der Waals surface area contributed by atoms with Crippen LogP contribution in [0, 0.1) is 0 Å². The molecule has 1 N–H and O–H groups in total. The molecule has 2 aromatic rings. The van der Waals surface area contributed by atoms with Crippen LogP contribution in [0.2, 0.25) is 0 Å². The number of pyridine rings is 2. The van der Waals surface area contributed by atoms with E-state index in [1.807, 2.05) is 43.5 Å². The molecule has 0 fully saturated rings. The van der Waals surface area contributed by atoms with Gasteiger partial charge in [-0.1, -0.05) is 12.1 Å². The van der Waals surface area contributed by atoms with Gasteiger partial charge in [0.05, 0.1) is 11.7 Å². The molecular weight excluding hydrogens is 314 g/mol. The van der Waals surface area contributed by atoms with E-state index in [4.69, 9.17) is 0 Å². The molecule has 6 nitrogen and oxygen atoms in total. The van der Waals surface area contributed by atoms with Crippen LogP contribution in [0.4, 0.5) is 10.6 Å². The molecule has 1 unspecified atom stereocenters. The maximum Gasteiger partial charge on any atom is 0.317 e.